The van der Waals surface area contributed by atoms with E-state index in [0.29, 0.717) is 0 Å². The molecule has 0 atom stereocenters. The van der Waals surface area contributed by atoms with Gasteiger partial charge in [0, 0.05) is 31.3 Å². The summed E-state index contributed by atoms with van der Waals surface area (Å²) in [4.78, 5) is 13.5. The molecule has 4 rings (SSSR count). The maximum atomic E-state index is 11.7. The molecule has 0 radical (unpaired) electrons. The molecule has 2 fully saturated rings. The Morgan fingerprint density at radius 1 is 1.04 bits per heavy atom. The maximum absolute atomic E-state index is 11.7. The number of carbonyl (C=O) groups is 1. The van der Waals surface area contributed by atoms with Gasteiger partial charge in [0.25, 0.3) is 0 Å². The first-order chi connectivity index (χ1) is 12.7. The molecule has 134 valence electrons. The highest BCUT2D eigenvalue weighted by Gasteiger charge is 2.45. The van der Waals surface area contributed by atoms with E-state index in [-0.39, 0.29) is 17.4 Å². The van der Waals surface area contributed by atoms with Gasteiger partial charge < -0.3 is 9.64 Å². The largest absolute Gasteiger partial charge is 0.490 e. The number of hydrogen-bond donors (Lipinski definition) is 0. The Morgan fingerprint density at radius 3 is 2.38 bits per heavy atom. The van der Waals surface area contributed by atoms with Crippen LogP contribution in [0.5, 0.6) is 5.75 Å². The van der Waals surface area contributed by atoms with Gasteiger partial charge in [-0.25, -0.2) is 0 Å². The number of amides is 1. The Labute approximate surface area is 155 Å². The summed E-state index contributed by atoms with van der Waals surface area (Å²) in [5.41, 5.74) is 2.91. The van der Waals surface area contributed by atoms with Crippen LogP contribution in [0.2, 0.25) is 0 Å². The number of ether oxygens (including phenoxy) is 1. The van der Waals surface area contributed by atoms with Gasteiger partial charge in [-0.1, -0.05) is 49.0 Å². The SMILES string of the molecule is C=CC(=O)N1CCC(Oc2cccc(C3(c4ccccc4)CC3)c2)CC1. The van der Waals surface area contributed by atoms with Crippen molar-refractivity contribution in [1.29, 1.82) is 0 Å². The molecule has 2 aromatic rings. The number of hydrogen-bond acceptors (Lipinski definition) is 2. The average Bonchev–Trinajstić information content (AvgIpc) is 3.51. The van der Waals surface area contributed by atoms with E-state index in [0.717, 1.165) is 31.7 Å². The molecule has 1 heterocycles. The minimum absolute atomic E-state index is 0.0176. The van der Waals surface area contributed by atoms with Crippen molar-refractivity contribution in [2.24, 2.45) is 0 Å². The summed E-state index contributed by atoms with van der Waals surface area (Å²) in [5.74, 6) is 0.960. The number of rotatable bonds is 5. The van der Waals surface area contributed by atoms with E-state index in [1.165, 1.54) is 30.0 Å². The lowest BCUT2D eigenvalue weighted by atomic mass is 9.88. The molecule has 1 amide bonds. The monoisotopic (exact) mass is 347 g/mol. The lowest BCUT2D eigenvalue weighted by Crippen LogP contribution is -2.41. The van der Waals surface area contributed by atoms with Crippen LogP contribution >= 0.6 is 0 Å². The average molecular weight is 347 g/mol. The fourth-order valence-electron chi connectivity index (χ4n) is 4.01. The van der Waals surface area contributed by atoms with E-state index >= 15 is 0 Å². The van der Waals surface area contributed by atoms with Crippen LogP contribution in [-0.4, -0.2) is 30.0 Å². The molecule has 3 heteroatoms. The zero-order valence-corrected chi connectivity index (χ0v) is 15.1. The zero-order chi connectivity index (χ0) is 18.0. The van der Waals surface area contributed by atoms with Crippen molar-refractivity contribution < 1.29 is 9.53 Å². The van der Waals surface area contributed by atoms with Gasteiger partial charge in [-0.3, -0.25) is 4.79 Å². The van der Waals surface area contributed by atoms with Gasteiger partial charge in [0.15, 0.2) is 0 Å². The smallest absolute Gasteiger partial charge is 0.245 e. The van der Waals surface area contributed by atoms with Gasteiger partial charge in [-0.05, 0) is 42.2 Å². The zero-order valence-electron chi connectivity index (χ0n) is 15.1. The van der Waals surface area contributed by atoms with Crippen molar-refractivity contribution in [3.05, 3.63) is 78.4 Å². The minimum Gasteiger partial charge on any atom is -0.490 e. The molecule has 0 bridgehead atoms. The summed E-state index contributed by atoms with van der Waals surface area (Å²) in [5, 5.41) is 0. The first kappa shape index (κ1) is 16.9. The molecule has 2 aromatic carbocycles. The first-order valence-corrected chi connectivity index (χ1v) is 9.45. The Balaban J connectivity index is 1.45. The maximum Gasteiger partial charge on any atom is 0.245 e. The molecule has 0 N–H and O–H groups in total. The predicted octanol–water partition coefficient (Wildman–Crippen LogP) is 4.32. The number of benzene rings is 2. The Hall–Kier alpha value is -2.55. The van der Waals surface area contributed by atoms with Gasteiger partial charge in [0.05, 0.1) is 0 Å². The van der Waals surface area contributed by atoms with Crippen LogP contribution in [0.1, 0.15) is 36.8 Å². The summed E-state index contributed by atoms with van der Waals surface area (Å²) in [6, 6.07) is 19.3. The minimum atomic E-state index is 0.0176. The van der Waals surface area contributed by atoms with E-state index in [9.17, 15) is 4.79 Å². The third kappa shape index (κ3) is 3.26. The standard InChI is InChI=1S/C23H25NO2/c1-2-22(25)24-15-11-20(12-16-24)26-21-10-6-9-19(17-21)23(13-14-23)18-7-4-3-5-8-18/h2-10,17,20H,1,11-16H2. The molecule has 0 spiro atoms. The lowest BCUT2D eigenvalue weighted by Gasteiger charge is -2.31. The van der Waals surface area contributed by atoms with Gasteiger partial charge in [0.1, 0.15) is 11.9 Å². The molecule has 0 aromatic heterocycles. The third-order valence-electron chi connectivity index (χ3n) is 5.69. The van der Waals surface area contributed by atoms with Crippen LogP contribution in [0.4, 0.5) is 0 Å². The number of nitrogens with zero attached hydrogens (tertiary/aromatic N) is 1. The molecule has 1 saturated carbocycles. The molecule has 2 aliphatic rings. The van der Waals surface area contributed by atoms with Crippen molar-refractivity contribution in [3.63, 3.8) is 0 Å². The molecule has 1 saturated heterocycles. The van der Waals surface area contributed by atoms with Crippen molar-refractivity contribution in [1.82, 2.24) is 4.90 Å². The molecular weight excluding hydrogens is 322 g/mol. The highest BCUT2D eigenvalue weighted by atomic mass is 16.5. The summed E-state index contributed by atoms with van der Waals surface area (Å²) in [7, 11) is 0. The van der Waals surface area contributed by atoms with Crippen molar-refractivity contribution in [2.45, 2.75) is 37.2 Å². The summed E-state index contributed by atoms with van der Waals surface area (Å²) < 4.78 is 6.25. The van der Waals surface area contributed by atoms with Gasteiger partial charge >= 0.3 is 0 Å². The Morgan fingerprint density at radius 2 is 1.73 bits per heavy atom. The fraction of sp³-hybridized carbons (Fsp3) is 0.348. The highest BCUT2D eigenvalue weighted by Crippen LogP contribution is 2.53. The van der Waals surface area contributed by atoms with Crippen molar-refractivity contribution in [2.75, 3.05) is 13.1 Å². The topological polar surface area (TPSA) is 29.5 Å². The lowest BCUT2D eigenvalue weighted by molar-refractivity contribution is -0.127. The third-order valence-corrected chi connectivity index (χ3v) is 5.69. The number of piperidine rings is 1. The van der Waals surface area contributed by atoms with Crippen LogP contribution in [0, 0.1) is 0 Å². The summed E-state index contributed by atoms with van der Waals surface area (Å²) in [6.45, 7) is 5.04. The normalized spacial score (nSPS) is 19.0. The highest BCUT2D eigenvalue weighted by molar-refractivity contribution is 5.87. The van der Waals surface area contributed by atoms with Crippen LogP contribution < -0.4 is 4.74 Å². The molecule has 1 aliphatic carbocycles. The number of likely N-dealkylation sites (tertiary alicyclic amines) is 1. The van der Waals surface area contributed by atoms with E-state index in [1.807, 2.05) is 11.0 Å². The van der Waals surface area contributed by atoms with Crippen molar-refractivity contribution >= 4 is 5.91 Å². The Bertz CT molecular complexity index is 787. The molecule has 3 nitrogen and oxygen atoms in total. The van der Waals surface area contributed by atoms with Gasteiger partial charge in [-0.2, -0.15) is 0 Å². The van der Waals surface area contributed by atoms with E-state index in [1.54, 1.807) is 0 Å². The van der Waals surface area contributed by atoms with Gasteiger partial charge in [-0.15, -0.1) is 0 Å². The predicted molar refractivity (Wildman–Crippen MR) is 103 cm³/mol. The van der Waals surface area contributed by atoms with E-state index in [4.69, 9.17) is 4.74 Å². The summed E-state index contributed by atoms with van der Waals surface area (Å²) in [6.07, 6.45) is 5.70. The fourth-order valence-corrected chi connectivity index (χ4v) is 4.01. The number of carbonyl (C=O) groups excluding carboxylic acids is 1. The van der Waals surface area contributed by atoms with Crippen LogP contribution in [0.25, 0.3) is 0 Å². The molecule has 26 heavy (non-hydrogen) atoms. The molecule has 1 aliphatic heterocycles. The Kier molecular flexibility index (Phi) is 4.54. The van der Waals surface area contributed by atoms with E-state index in [2.05, 4.69) is 55.1 Å². The summed E-state index contributed by atoms with van der Waals surface area (Å²) >= 11 is 0. The first-order valence-electron chi connectivity index (χ1n) is 9.45. The van der Waals surface area contributed by atoms with E-state index < -0.39 is 0 Å². The van der Waals surface area contributed by atoms with Crippen LogP contribution in [0.3, 0.4) is 0 Å². The molecular formula is C23H25NO2. The van der Waals surface area contributed by atoms with Crippen LogP contribution in [0.15, 0.2) is 67.3 Å². The second kappa shape index (κ2) is 6.99. The quantitative estimate of drug-likeness (QED) is 0.754. The van der Waals surface area contributed by atoms with Crippen LogP contribution in [-0.2, 0) is 10.2 Å². The second-order valence-corrected chi connectivity index (χ2v) is 7.32. The second-order valence-electron chi connectivity index (χ2n) is 7.32. The van der Waals surface area contributed by atoms with Crippen molar-refractivity contribution in [3.8, 4) is 5.75 Å². The van der Waals surface area contributed by atoms with Gasteiger partial charge in [0.2, 0.25) is 5.91 Å². The molecule has 0 unspecified atom stereocenters.